The van der Waals surface area contributed by atoms with Crippen LogP contribution < -0.4 is 5.32 Å². The van der Waals surface area contributed by atoms with Crippen molar-refractivity contribution in [3.63, 3.8) is 0 Å². The Morgan fingerprint density at radius 1 is 1.14 bits per heavy atom. The van der Waals surface area contributed by atoms with Crippen LogP contribution in [-0.2, 0) is 6.54 Å². The highest BCUT2D eigenvalue weighted by molar-refractivity contribution is 5.30. The molecule has 2 rings (SSSR count). The van der Waals surface area contributed by atoms with Crippen LogP contribution in [0.2, 0.25) is 0 Å². The van der Waals surface area contributed by atoms with Gasteiger partial charge in [0.05, 0.1) is 11.4 Å². The predicted molar refractivity (Wildman–Crippen MR) is 85.4 cm³/mol. The lowest BCUT2D eigenvalue weighted by molar-refractivity contribution is 0.113. The van der Waals surface area contributed by atoms with E-state index < -0.39 is 0 Å². The molecule has 0 amide bonds. The van der Waals surface area contributed by atoms with E-state index in [0.717, 1.165) is 37.3 Å². The zero-order valence-electron chi connectivity index (χ0n) is 12.9. The normalized spacial score (nSPS) is 11.8. The second-order valence-corrected chi connectivity index (χ2v) is 5.56. The highest BCUT2D eigenvalue weighted by Gasteiger charge is 2.24. The first kappa shape index (κ1) is 15.7. The molecule has 2 aromatic rings. The van der Waals surface area contributed by atoms with Gasteiger partial charge in [0.15, 0.2) is 0 Å². The van der Waals surface area contributed by atoms with E-state index in [4.69, 9.17) is 0 Å². The van der Waals surface area contributed by atoms with Gasteiger partial charge in [0.25, 0.3) is 0 Å². The van der Waals surface area contributed by atoms with Crippen LogP contribution in [0.15, 0.2) is 42.6 Å². The molecule has 0 spiro atoms. The molecule has 0 unspecified atom stereocenters. The van der Waals surface area contributed by atoms with Crippen molar-refractivity contribution < 1.29 is 5.11 Å². The Balaban J connectivity index is 1.92. The van der Waals surface area contributed by atoms with Gasteiger partial charge in [-0.25, -0.2) is 4.68 Å². The summed E-state index contributed by atoms with van der Waals surface area (Å²) in [6.45, 7) is 6.03. The van der Waals surface area contributed by atoms with Crippen LogP contribution in [0.4, 0.5) is 0 Å². The fourth-order valence-corrected chi connectivity index (χ4v) is 2.42. The second-order valence-electron chi connectivity index (χ2n) is 5.56. The average molecular weight is 287 g/mol. The van der Waals surface area contributed by atoms with Crippen molar-refractivity contribution in [3.8, 4) is 5.69 Å². The van der Waals surface area contributed by atoms with Crippen LogP contribution in [0.1, 0.15) is 32.4 Å². The summed E-state index contributed by atoms with van der Waals surface area (Å²) in [5, 5.41) is 17.6. The van der Waals surface area contributed by atoms with Crippen molar-refractivity contribution in [2.24, 2.45) is 5.41 Å². The lowest BCUT2D eigenvalue weighted by Gasteiger charge is -2.29. The number of aliphatic hydroxyl groups is 1. The van der Waals surface area contributed by atoms with E-state index in [1.165, 1.54) is 0 Å². The molecule has 2 N–H and O–H groups in total. The Kier molecular flexibility index (Phi) is 5.53. The first-order valence-corrected chi connectivity index (χ1v) is 7.64. The Labute approximate surface area is 126 Å². The van der Waals surface area contributed by atoms with E-state index >= 15 is 0 Å². The number of rotatable bonds is 8. The number of hydrogen-bond acceptors (Lipinski definition) is 3. The van der Waals surface area contributed by atoms with E-state index in [9.17, 15) is 5.11 Å². The molecule has 4 heteroatoms. The molecular formula is C17H25N3O. The molecule has 1 heterocycles. The molecule has 0 aliphatic rings. The summed E-state index contributed by atoms with van der Waals surface area (Å²) in [5.74, 6) is 0. The summed E-state index contributed by atoms with van der Waals surface area (Å²) in [4.78, 5) is 0. The van der Waals surface area contributed by atoms with Gasteiger partial charge in [-0.15, -0.1) is 0 Å². The van der Waals surface area contributed by atoms with Crippen molar-refractivity contribution in [2.45, 2.75) is 33.2 Å². The van der Waals surface area contributed by atoms with Crippen molar-refractivity contribution in [2.75, 3.05) is 13.2 Å². The third-order valence-corrected chi connectivity index (χ3v) is 4.31. The molecule has 1 aromatic heterocycles. The maximum Gasteiger partial charge on any atom is 0.0766 e. The molecule has 21 heavy (non-hydrogen) atoms. The van der Waals surface area contributed by atoms with E-state index in [1.54, 1.807) is 0 Å². The summed E-state index contributed by atoms with van der Waals surface area (Å²) >= 11 is 0. The summed E-state index contributed by atoms with van der Waals surface area (Å²) in [7, 11) is 0. The van der Waals surface area contributed by atoms with Crippen molar-refractivity contribution >= 4 is 0 Å². The van der Waals surface area contributed by atoms with Crippen LogP contribution in [0.3, 0.4) is 0 Å². The lowest BCUT2D eigenvalue weighted by Crippen LogP contribution is -2.36. The molecule has 0 aliphatic carbocycles. The minimum absolute atomic E-state index is 0.0119. The topological polar surface area (TPSA) is 50.1 Å². The lowest BCUT2D eigenvalue weighted by atomic mass is 9.83. The fraction of sp³-hybridized carbons (Fsp3) is 0.471. The van der Waals surface area contributed by atoms with E-state index in [1.807, 2.05) is 47.3 Å². The minimum atomic E-state index is -0.0119. The van der Waals surface area contributed by atoms with E-state index in [-0.39, 0.29) is 12.0 Å². The quantitative estimate of drug-likeness (QED) is 0.785. The van der Waals surface area contributed by atoms with Gasteiger partial charge in [0, 0.05) is 31.3 Å². The molecule has 0 radical (unpaired) electrons. The molecule has 1 aromatic carbocycles. The zero-order chi connectivity index (χ0) is 15.1. The van der Waals surface area contributed by atoms with Crippen LogP contribution in [0.25, 0.3) is 5.69 Å². The molecular weight excluding hydrogens is 262 g/mol. The number of nitrogens with one attached hydrogen (secondary N) is 1. The maximum atomic E-state index is 9.57. The van der Waals surface area contributed by atoms with E-state index in [2.05, 4.69) is 24.3 Å². The Bertz CT molecular complexity index is 524. The highest BCUT2D eigenvalue weighted by Crippen LogP contribution is 2.24. The number of aromatic nitrogens is 2. The first-order valence-electron chi connectivity index (χ1n) is 7.64. The number of para-hydroxylation sites is 1. The minimum Gasteiger partial charge on any atom is -0.396 e. The van der Waals surface area contributed by atoms with Gasteiger partial charge >= 0.3 is 0 Å². The van der Waals surface area contributed by atoms with E-state index in [0.29, 0.717) is 0 Å². The predicted octanol–water partition coefficient (Wildman–Crippen LogP) is 2.76. The Morgan fingerprint density at radius 3 is 2.48 bits per heavy atom. The summed E-state index contributed by atoms with van der Waals surface area (Å²) < 4.78 is 1.88. The summed E-state index contributed by atoms with van der Waals surface area (Å²) in [6.07, 6.45) is 3.93. The van der Waals surface area contributed by atoms with Crippen LogP contribution in [0.5, 0.6) is 0 Å². The monoisotopic (exact) mass is 287 g/mol. The van der Waals surface area contributed by atoms with Gasteiger partial charge in [-0.1, -0.05) is 32.0 Å². The van der Waals surface area contributed by atoms with Crippen molar-refractivity contribution in [1.82, 2.24) is 15.1 Å². The molecule has 0 aliphatic heterocycles. The zero-order valence-corrected chi connectivity index (χ0v) is 12.9. The second kappa shape index (κ2) is 7.38. The molecule has 0 bridgehead atoms. The van der Waals surface area contributed by atoms with Crippen molar-refractivity contribution in [3.05, 3.63) is 48.3 Å². The Hall–Kier alpha value is -1.65. The van der Waals surface area contributed by atoms with Gasteiger partial charge < -0.3 is 10.4 Å². The van der Waals surface area contributed by atoms with Crippen LogP contribution in [-0.4, -0.2) is 28.0 Å². The van der Waals surface area contributed by atoms with Gasteiger partial charge in [-0.05, 0) is 31.0 Å². The molecule has 0 saturated heterocycles. The molecule has 0 fully saturated rings. The summed E-state index contributed by atoms with van der Waals surface area (Å²) in [5.41, 5.74) is 2.07. The average Bonchev–Trinajstić information content (AvgIpc) is 3.02. The first-order chi connectivity index (χ1) is 10.2. The van der Waals surface area contributed by atoms with Gasteiger partial charge in [0.1, 0.15) is 0 Å². The number of aliphatic hydroxyl groups excluding tert-OH is 1. The molecule has 0 saturated carbocycles. The van der Waals surface area contributed by atoms with Crippen LogP contribution in [0, 0.1) is 5.41 Å². The molecule has 4 nitrogen and oxygen atoms in total. The number of nitrogens with zero attached hydrogens (tertiary/aromatic N) is 2. The smallest absolute Gasteiger partial charge is 0.0766 e. The largest absolute Gasteiger partial charge is 0.396 e. The standard InChI is InChI=1S/C17H25N3O/c1-3-17(4-2,14-21)13-18-12-15-10-11-20(19-15)16-8-6-5-7-9-16/h5-11,18,21H,3-4,12-14H2,1-2H3. The summed E-state index contributed by atoms with van der Waals surface area (Å²) in [6, 6.07) is 12.1. The fourth-order valence-electron chi connectivity index (χ4n) is 2.42. The van der Waals surface area contributed by atoms with Gasteiger partial charge in [-0.3, -0.25) is 0 Å². The third-order valence-electron chi connectivity index (χ3n) is 4.31. The van der Waals surface area contributed by atoms with Crippen LogP contribution >= 0.6 is 0 Å². The SMILES string of the molecule is CCC(CC)(CO)CNCc1ccn(-c2ccccc2)n1. The van der Waals surface area contributed by atoms with Crippen molar-refractivity contribution in [1.29, 1.82) is 0 Å². The number of benzene rings is 1. The highest BCUT2D eigenvalue weighted by atomic mass is 16.3. The Morgan fingerprint density at radius 2 is 1.86 bits per heavy atom. The molecule has 114 valence electrons. The third kappa shape index (κ3) is 3.93. The maximum absolute atomic E-state index is 9.57. The van der Waals surface area contributed by atoms with Gasteiger partial charge in [0.2, 0.25) is 0 Å². The molecule has 0 atom stereocenters. The van der Waals surface area contributed by atoms with Gasteiger partial charge in [-0.2, -0.15) is 5.10 Å². The number of hydrogen-bond donors (Lipinski definition) is 2.